The predicted molar refractivity (Wildman–Crippen MR) is 192 cm³/mol. The van der Waals surface area contributed by atoms with Crippen LogP contribution in [0.15, 0.2) is 78.9 Å². The lowest BCUT2D eigenvalue weighted by Crippen LogP contribution is -2.47. The van der Waals surface area contributed by atoms with E-state index in [-0.39, 0.29) is 17.9 Å². The maximum absolute atomic E-state index is 12.7. The molecule has 5 rings (SSSR count). The van der Waals surface area contributed by atoms with E-state index in [1.165, 1.54) is 24.8 Å². The zero-order valence-corrected chi connectivity index (χ0v) is 28.7. The van der Waals surface area contributed by atoms with E-state index in [1.54, 1.807) is 0 Å². The number of carbonyl (C=O) groups is 2. The van der Waals surface area contributed by atoms with E-state index in [2.05, 4.69) is 90.5 Å². The second kappa shape index (κ2) is 18.6. The van der Waals surface area contributed by atoms with Crippen LogP contribution in [-0.4, -0.2) is 66.4 Å². The average molecular weight is 625 g/mol. The Bertz CT molecular complexity index is 1320. The number of amides is 2. The summed E-state index contributed by atoms with van der Waals surface area (Å²) in [5, 5.41) is 3.17. The first-order chi connectivity index (χ1) is 22.4. The number of benzene rings is 3. The summed E-state index contributed by atoms with van der Waals surface area (Å²) in [7, 11) is 0. The van der Waals surface area contributed by atoms with Gasteiger partial charge in [0.1, 0.15) is 0 Å². The summed E-state index contributed by atoms with van der Waals surface area (Å²) in [6.45, 7) is 13.6. The van der Waals surface area contributed by atoms with Crippen LogP contribution < -0.4 is 10.2 Å². The maximum Gasteiger partial charge on any atom is 0.241 e. The summed E-state index contributed by atoms with van der Waals surface area (Å²) >= 11 is 0. The summed E-state index contributed by atoms with van der Waals surface area (Å²) in [5.74, 6) is 0.400. The van der Waals surface area contributed by atoms with Crippen molar-refractivity contribution in [2.45, 2.75) is 97.6 Å². The van der Waals surface area contributed by atoms with Gasteiger partial charge in [-0.05, 0) is 94.3 Å². The fourth-order valence-corrected chi connectivity index (χ4v) is 6.79. The van der Waals surface area contributed by atoms with Crippen LogP contribution in [0.3, 0.4) is 0 Å². The van der Waals surface area contributed by atoms with Gasteiger partial charge in [-0.3, -0.25) is 14.5 Å². The number of nitrogens with zero attached hydrogens (tertiary/aromatic N) is 3. The van der Waals surface area contributed by atoms with Crippen LogP contribution in [0.4, 0.5) is 11.4 Å². The molecule has 3 aromatic rings. The standard InChI is InChI=1S/C22H28N2O.C18H28N2O/c1-2-22(25)24(20-11-7-4-8-12-20)21-14-17-23(18-15-21)16-13-19-9-5-3-6-10-19;1-4-5-12-20-13-7-6-11-16(20)18(21)19-17-14(2)9-8-10-15(17)3/h3-12,21H,2,13-18H2,1H3;8-10,16H,4-7,11-13H2,1-3H3,(H,19,21). The highest BCUT2D eigenvalue weighted by molar-refractivity contribution is 5.96. The highest BCUT2D eigenvalue weighted by Crippen LogP contribution is 2.25. The first-order valence-corrected chi connectivity index (χ1v) is 17.7. The lowest BCUT2D eigenvalue weighted by atomic mass is 10.00. The van der Waals surface area contributed by atoms with Gasteiger partial charge in [0, 0.05) is 43.5 Å². The Kier molecular flexibility index (Phi) is 14.3. The lowest BCUT2D eigenvalue weighted by molar-refractivity contribution is -0.122. The first kappa shape index (κ1) is 35.4. The van der Waals surface area contributed by atoms with Crippen LogP contribution in [0.5, 0.6) is 0 Å². The summed E-state index contributed by atoms with van der Waals surface area (Å²) in [5.41, 5.74) is 5.70. The largest absolute Gasteiger partial charge is 0.324 e. The molecular formula is C40H56N4O2. The summed E-state index contributed by atoms with van der Waals surface area (Å²) < 4.78 is 0. The van der Waals surface area contributed by atoms with Crippen LogP contribution in [0.1, 0.15) is 81.9 Å². The quantitative estimate of drug-likeness (QED) is 0.235. The Hall–Kier alpha value is -3.48. The lowest BCUT2D eigenvalue weighted by Gasteiger charge is -2.38. The Morgan fingerprint density at radius 3 is 2.07 bits per heavy atom. The van der Waals surface area contributed by atoms with Crippen molar-refractivity contribution in [3.05, 3.63) is 95.6 Å². The van der Waals surface area contributed by atoms with E-state index in [9.17, 15) is 9.59 Å². The van der Waals surface area contributed by atoms with Crippen molar-refractivity contribution in [1.29, 1.82) is 0 Å². The molecule has 1 N–H and O–H groups in total. The Balaban J connectivity index is 0.000000212. The molecule has 1 atom stereocenters. The van der Waals surface area contributed by atoms with Crippen LogP contribution in [0.2, 0.25) is 0 Å². The molecular weight excluding hydrogens is 568 g/mol. The maximum atomic E-state index is 12.7. The van der Waals surface area contributed by atoms with Crippen LogP contribution in [0.25, 0.3) is 0 Å². The highest BCUT2D eigenvalue weighted by Gasteiger charge is 2.29. The summed E-state index contributed by atoms with van der Waals surface area (Å²) in [6.07, 6.45) is 9.48. The topological polar surface area (TPSA) is 55.9 Å². The van der Waals surface area contributed by atoms with Crippen LogP contribution in [-0.2, 0) is 16.0 Å². The third kappa shape index (κ3) is 10.3. The van der Waals surface area contributed by atoms with Gasteiger partial charge in [-0.25, -0.2) is 0 Å². The molecule has 46 heavy (non-hydrogen) atoms. The number of carbonyl (C=O) groups excluding carboxylic acids is 2. The molecule has 2 saturated heterocycles. The van der Waals surface area contributed by atoms with Crippen molar-refractivity contribution in [3.8, 4) is 0 Å². The minimum absolute atomic E-state index is 0.0457. The van der Waals surface area contributed by atoms with Gasteiger partial charge in [0.05, 0.1) is 6.04 Å². The van der Waals surface area contributed by atoms with Gasteiger partial charge in [-0.1, -0.05) is 93.4 Å². The molecule has 2 aliphatic heterocycles. The van der Waals surface area contributed by atoms with E-state index in [0.29, 0.717) is 12.5 Å². The number of hydrogen-bond acceptors (Lipinski definition) is 4. The Labute approximate surface area is 278 Å². The van der Waals surface area contributed by atoms with Gasteiger partial charge in [-0.15, -0.1) is 0 Å². The summed E-state index contributed by atoms with van der Waals surface area (Å²) in [4.78, 5) is 32.1. The third-order valence-electron chi connectivity index (χ3n) is 9.53. The van der Waals surface area contributed by atoms with E-state index in [1.807, 2.05) is 36.1 Å². The van der Waals surface area contributed by atoms with Crippen molar-refractivity contribution in [3.63, 3.8) is 0 Å². The molecule has 2 aliphatic rings. The number of rotatable bonds is 11. The minimum atomic E-state index is 0.0457. The van der Waals surface area contributed by atoms with Crippen molar-refractivity contribution < 1.29 is 9.59 Å². The molecule has 0 spiro atoms. The number of hydrogen-bond donors (Lipinski definition) is 1. The number of likely N-dealkylation sites (tertiary alicyclic amines) is 2. The molecule has 6 nitrogen and oxygen atoms in total. The smallest absolute Gasteiger partial charge is 0.241 e. The minimum Gasteiger partial charge on any atom is -0.324 e. The van der Waals surface area contributed by atoms with Gasteiger partial charge in [-0.2, -0.15) is 0 Å². The monoisotopic (exact) mass is 624 g/mol. The molecule has 2 fully saturated rings. The molecule has 2 heterocycles. The van der Waals surface area contributed by atoms with Crippen LogP contribution >= 0.6 is 0 Å². The Morgan fingerprint density at radius 2 is 1.43 bits per heavy atom. The second-order valence-electron chi connectivity index (χ2n) is 12.9. The van der Waals surface area contributed by atoms with Gasteiger partial charge in [0.15, 0.2) is 0 Å². The number of nitrogens with one attached hydrogen (secondary N) is 1. The highest BCUT2D eigenvalue weighted by atomic mass is 16.2. The molecule has 6 heteroatoms. The van der Waals surface area contributed by atoms with E-state index in [0.717, 1.165) is 87.3 Å². The average Bonchev–Trinajstić information content (AvgIpc) is 3.10. The molecule has 0 bridgehead atoms. The fourth-order valence-electron chi connectivity index (χ4n) is 6.79. The zero-order chi connectivity index (χ0) is 32.7. The number of anilines is 2. The van der Waals surface area contributed by atoms with Crippen molar-refractivity contribution in [2.24, 2.45) is 0 Å². The van der Waals surface area contributed by atoms with Gasteiger partial charge >= 0.3 is 0 Å². The second-order valence-corrected chi connectivity index (χ2v) is 12.9. The molecule has 1 unspecified atom stereocenters. The van der Waals surface area contributed by atoms with E-state index in [4.69, 9.17) is 0 Å². The van der Waals surface area contributed by atoms with Crippen LogP contribution in [0, 0.1) is 13.8 Å². The normalized spacial score (nSPS) is 17.5. The molecule has 0 aromatic heterocycles. The predicted octanol–water partition coefficient (Wildman–Crippen LogP) is 8.03. The fraction of sp³-hybridized carbons (Fsp3) is 0.500. The SMILES string of the molecule is CCC(=O)N(c1ccccc1)C1CCN(CCc2ccccc2)CC1.CCCCN1CCCCC1C(=O)Nc1c(C)cccc1C. The third-order valence-corrected chi connectivity index (χ3v) is 9.53. The number of para-hydroxylation sites is 2. The molecule has 0 aliphatic carbocycles. The van der Waals surface area contributed by atoms with Crippen molar-refractivity contribution in [2.75, 3.05) is 42.9 Å². The van der Waals surface area contributed by atoms with E-state index < -0.39 is 0 Å². The number of aryl methyl sites for hydroxylation is 2. The van der Waals surface area contributed by atoms with Crippen molar-refractivity contribution in [1.82, 2.24) is 9.80 Å². The number of unbranched alkanes of at least 4 members (excludes halogenated alkanes) is 1. The zero-order valence-electron chi connectivity index (χ0n) is 28.7. The van der Waals surface area contributed by atoms with Crippen molar-refractivity contribution >= 4 is 23.2 Å². The van der Waals surface area contributed by atoms with Gasteiger partial charge < -0.3 is 15.1 Å². The Morgan fingerprint density at radius 1 is 0.783 bits per heavy atom. The van der Waals surface area contributed by atoms with Gasteiger partial charge in [0.25, 0.3) is 0 Å². The summed E-state index contributed by atoms with van der Waals surface area (Å²) in [6, 6.07) is 27.3. The molecule has 2 amide bonds. The molecule has 3 aromatic carbocycles. The molecule has 0 saturated carbocycles. The van der Waals surface area contributed by atoms with E-state index >= 15 is 0 Å². The van der Waals surface area contributed by atoms with Gasteiger partial charge in [0.2, 0.25) is 11.8 Å². The molecule has 248 valence electrons. The molecule has 0 radical (unpaired) electrons. The number of piperidine rings is 2. The first-order valence-electron chi connectivity index (χ1n) is 17.7.